The molecule has 1 heterocycles. The van der Waals surface area contributed by atoms with Crippen LogP contribution < -0.4 is 5.32 Å². The first-order valence-corrected chi connectivity index (χ1v) is 15.3. The molecule has 0 bridgehead atoms. The Balaban J connectivity index is 2.19. The first kappa shape index (κ1) is 35.8. The van der Waals surface area contributed by atoms with Gasteiger partial charge in [-0.15, -0.1) is 0 Å². The maximum atomic E-state index is 16.8. The number of ether oxygens (including phenoxy) is 1. The molecule has 3 nitrogen and oxygen atoms in total. The fraction of sp³-hybridized carbons (Fsp3) is 0.606. The zero-order chi connectivity index (χ0) is 32.8. The summed E-state index contributed by atoms with van der Waals surface area (Å²) in [6, 6.07) is 5.32. The number of hydrogen-bond donors (Lipinski definition) is 1. The summed E-state index contributed by atoms with van der Waals surface area (Å²) < 4.78 is 119. The highest BCUT2D eigenvalue weighted by atomic mass is 19.4. The molecule has 0 spiro atoms. The van der Waals surface area contributed by atoms with E-state index in [2.05, 4.69) is 5.32 Å². The van der Waals surface area contributed by atoms with Gasteiger partial charge in [0, 0.05) is 18.5 Å². The molecule has 3 rings (SSSR count). The minimum Gasteiger partial charge on any atom is -0.465 e. The van der Waals surface area contributed by atoms with Crippen LogP contribution in [0.25, 0.3) is 0 Å². The van der Waals surface area contributed by atoms with Crippen molar-refractivity contribution in [2.24, 2.45) is 11.3 Å². The fourth-order valence-electron chi connectivity index (χ4n) is 6.23. The number of nitrogens with one attached hydrogen (secondary N) is 1. The average Bonchev–Trinajstić information content (AvgIpc) is 2.96. The van der Waals surface area contributed by atoms with Gasteiger partial charge >= 0.3 is 18.3 Å². The Hall–Kier alpha value is -2.69. The van der Waals surface area contributed by atoms with E-state index in [1.54, 1.807) is 0 Å². The lowest BCUT2D eigenvalue weighted by Crippen LogP contribution is -2.58. The number of halogens is 8. The lowest BCUT2D eigenvalue weighted by molar-refractivity contribution is -0.194. The van der Waals surface area contributed by atoms with Gasteiger partial charge in [0.2, 0.25) is 0 Å². The molecule has 1 N–H and O–H groups in total. The first-order chi connectivity index (χ1) is 20.6. The molecule has 1 saturated heterocycles. The van der Waals surface area contributed by atoms with Gasteiger partial charge in [0.05, 0.1) is 29.1 Å². The maximum absolute atomic E-state index is 16.8. The number of benzene rings is 2. The number of rotatable bonds is 13. The molecule has 0 aromatic heterocycles. The summed E-state index contributed by atoms with van der Waals surface area (Å²) in [4.78, 5) is 13.9. The molecule has 0 radical (unpaired) electrons. The van der Waals surface area contributed by atoms with Crippen LogP contribution in [-0.4, -0.2) is 18.5 Å². The van der Waals surface area contributed by atoms with E-state index in [1.807, 2.05) is 20.8 Å². The number of alkyl halides is 8. The number of unbranched alkanes of at least 4 members (excludes halogenated alkanes) is 3. The molecule has 246 valence electrons. The highest BCUT2D eigenvalue weighted by Gasteiger charge is 2.62. The van der Waals surface area contributed by atoms with E-state index in [9.17, 15) is 31.1 Å². The van der Waals surface area contributed by atoms with Crippen molar-refractivity contribution in [2.75, 3.05) is 6.61 Å². The van der Waals surface area contributed by atoms with Crippen LogP contribution in [0.3, 0.4) is 0 Å². The number of esters is 1. The van der Waals surface area contributed by atoms with Gasteiger partial charge in [-0.3, -0.25) is 4.79 Å². The smallest absolute Gasteiger partial charge is 0.416 e. The van der Waals surface area contributed by atoms with E-state index >= 15 is 8.78 Å². The van der Waals surface area contributed by atoms with Crippen LogP contribution in [0.15, 0.2) is 48.5 Å². The van der Waals surface area contributed by atoms with Crippen molar-refractivity contribution in [1.82, 2.24) is 5.32 Å². The van der Waals surface area contributed by atoms with Gasteiger partial charge in [-0.25, -0.2) is 8.78 Å². The highest BCUT2D eigenvalue weighted by Crippen LogP contribution is 2.58. The van der Waals surface area contributed by atoms with Crippen LogP contribution in [0.5, 0.6) is 0 Å². The van der Waals surface area contributed by atoms with E-state index in [0.29, 0.717) is 38.5 Å². The Morgan fingerprint density at radius 3 is 1.66 bits per heavy atom. The van der Waals surface area contributed by atoms with Crippen molar-refractivity contribution in [3.05, 3.63) is 70.8 Å². The second-order valence-electron chi connectivity index (χ2n) is 11.7. The molecule has 11 heteroatoms. The lowest BCUT2D eigenvalue weighted by atomic mass is 9.60. The maximum Gasteiger partial charge on any atom is 0.416 e. The monoisotopic (exact) mass is 635 g/mol. The van der Waals surface area contributed by atoms with E-state index in [0.717, 1.165) is 48.5 Å². The molecule has 44 heavy (non-hydrogen) atoms. The molecule has 3 atom stereocenters. The minimum atomic E-state index is -4.65. The van der Waals surface area contributed by atoms with Crippen LogP contribution in [0, 0.1) is 11.3 Å². The van der Waals surface area contributed by atoms with Crippen molar-refractivity contribution in [3.8, 4) is 0 Å². The molecule has 1 aliphatic rings. The van der Waals surface area contributed by atoms with Crippen molar-refractivity contribution in [1.29, 1.82) is 0 Å². The van der Waals surface area contributed by atoms with E-state index in [4.69, 9.17) is 4.74 Å². The molecule has 0 amide bonds. The molecular weight excluding hydrogens is 594 g/mol. The van der Waals surface area contributed by atoms with Crippen molar-refractivity contribution >= 4 is 5.97 Å². The van der Waals surface area contributed by atoms with Gasteiger partial charge in [-0.05, 0) is 54.7 Å². The number of piperidine rings is 1. The molecule has 0 aliphatic carbocycles. The molecule has 2 aromatic rings. The van der Waals surface area contributed by atoms with Crippen LogP contribution in [0.1, 0.15) is 113 Å². The minimum absolute atomic E-state index is 0.0557. The van der Waals surface area contributed by atoms with E-state index < -0.39 is 65.2 Å². The van der Waals surface area contributed by atoms with E-state index in [-0.39, 0.29) is 30.6 Å². The Kier molecular flexibility index (Phi) is 11.9. The molecule has 1 aliphatic heterocycles. The highest BCUT2D eigenvalue weighted by molar-refractivity contribution is 5.78. The van der Waals surface area contributed by atoms with Crippen molar-refractivity contribution in [2.45, 2.75) is 109 Å². The van der Waals surface area contributed by atoms with Gasteiger partial charge in [0.15, 0.2) is 0 Å². The normalized spacial score (nSPS) is 20.8. The first-order valence-electron chi connectivity index (χ1n) is 15.3. The molecule has 1 fully saturated rings. The summed E-state index contributed by atoms with van der Waals surface area (Å²) in [5, 5.41) is 3.14. The largest absolute Gasteiger partial charge is 0.465 e. The van der Waals surface area contributed by atoms with Crippen LogP contribution >= 0.6 is 0 Å². The van der Waals surface area contributed by atoms with Crippen molar-refractivity contribution < 1.29 is 44.7 Å². The fourth-order valence-corrected chi connectivity index (χ4v) is 6.23. The number of hydrogen-bond acceptors (Lipinski definition) is 3. The van der Waals surface area contributed by atoms with Gasteiger partial charge in [0.25, 0.3) is 5.92 Å². The van der Waals surface area contributed by atoms with E-state index in [1.165, 1.54) is 0 Å². The second kappa shape index (κ2) is 14.6. The quantitative estimate of drug-likeness (QED) is 0.135. The summed E-state index contributed by atoms with van der Waals surface area (Å²) in [6.45, 7) is 5.70. The Morgan fingerprint density at radius 1 is 0.773 bits per heavy atom. The second-order valence-corrected chi connectivity index (χ2v) is 11.7. The van der Waals surface area contributed by atoms with Crippen molar-refractivity contribution in [3.63, 3.8) is 0 Å². The SMILES string of the molecule is CCCCOC(=O)C(CCCC)(CCCC)C1C(c2ccc(C(F)(F)F)cc2)NC(c2ccc(C(F)(F)F)cc2)CC1(F)F. The average molecular weight is 636 g/mol. The molecule has 0 saturated carbocycles. The van der Waals surface area contributed by atoms with Gasteiger partial charge in [0.1, 0.15) is 0 Å². The predicted molar refractivity (Wildman–Crippen MR) is 152 cm³/mol. The predicted octanol–water partition coefficient (Wildman–Crippen LogP) is 10.5. The summed E-state index contributed by atoms with van der Waals surface area (Å²) in [5.41, 5.74) is -3.26. The number of carbonyl (C=O) groups is 1. The standard InChI is InChI=1S/C33H41F8NO2/c1-4-7-18-30(19-8-5-2,29(43)44-20-9-6-3)28-27(23-12-16-25(17-13-23)33(39,40)41)42-26(21-31(28,34)35)22-10-14-24(15-11-22)32(36,37)38/h10-17,26-28,42H,4-9,18-21H2,1-3H3. The summed E-state index contributed by atoms with van der Waals surface area (Å²) in [6.07, 6.45) is -6.52. The molecular formula is C33H41F8NO2. The Bertz CT molecular complexity index is 1180. The molecule has 2 aromatic carbocycles. The van der Waals surface area contributed by atoms with Crippen LogP contribution in [0.4, 0.5) is 35.1 Å². The zero-order valence-corrected chi connectivity index (χ0v) is 25.3. The third-order valence-corrected chi connectivity index (χ3v) is 8.57. The summed E-state index contributed by atoms with van der Waals surface area (Å²) >= 11 is 0. The Labute approximate surface area is 253 Å². The van der Waals surface area contributed by atoms with Gasteiger partial charge in [-0.1, -0.05) is 77.1 Å². The van der Waals surface area contributed by atoms with Gasteiger partial charge in [-0.2, -0.15) is 26.3 Å². The summed E-state index contributed by atoms with van der Waals surface area (Å²) in [7, 11) is 0. The lowest BCUT2D eigenvalue weighted by Gasteiger charge is -2.51. The third kappa shape index (κ3) is 8.31. The zero-order valence-electron chi connectivity index (χ0n) is 25.3. The summed E-state index contributed by atoms with van der Waals surface area (Å²) in [5.74, 6) is -5.98. The van der Waals surface area contributed by atoms with Crippen LogP contribution in [-0.2, 0) is 21.9 Å². The molecule has 3 unspecified atom stereocenters. The third-order valence-electron chi connectivity index (χ3n) is 8.57. The number of carbonyl (C=O) groups excluding carboxylic acids is 1. The Morgan fingerprint density at radius 2 is 1.23 bits per heavy atom. The van der Waals surface area contributed by atoms with Gasteiger partial charge < -0.3 is 10.1 Å². The van der Waals surface area contributed by atoms with Crippen LogP contribution in [0.2, 0.25) is 0 Å². The topological polar surface area (TPSA) is 38.3 Å².